The summed E-state index contributed by atoms with van der Waals surface area (Å²) in [4.78, 5) is 23.6. The average Bonchev–Trinajstić information content (AvgIpc) is 2.42. The van der Waals surface area contributed by atoms with E-state index in [0.29, 0.717) is 19.4 Å². The number of rotatable bonds is 6. The van der Waals surface area contributed by atoms with E-state index in [2.05, 4.69) is 26.6 Å². The first-order valence-corrected chi connectivity index (χ1v) is 8.33. The van der Waals surface area contributed by atoms with Crippen molar-refractivity contribution in [2.45, 2.75) is 46.6 Å². The van der Waals surface area contributed by atoms with E-state index in [1.54, 1.807) is 0 Å². The molecule has 0 radical (unpaired) electrons. The van der Waals surface area contributed by atoms with E-state index >= 15 is 0 Å². The highest BCUT2D eigenvalue weighted by atomic mass is 79.9. The van der Waals surface area contributed by atoms with Gasteiger partial charge in [0.15, 0.2) is 0 Å². The molecule has 4 nitrogen and oxygen atoms in total. The molecule has 2 N–H and O–H groups in total. The second-order valence-corrected chi connectivity index (χ2v) is 7.27. The van der Waals surface area contributed by atoms with Crippen LogP contribution in [0.3, 0.4) is 0 Å². The number of amides is 2. The Bertz CT molecular complexity index is 524. The van der Waals surface area contributed by atoms with Crippen molar-refractivity contribution >= 4 is 27.7 Å². The molecule has 0 aliphatic heterocycles. The number of hydrogen-bond acceptors (Lipinski definition) is 2. The minimum absolute atomic E-state index is 0.00624. The van der Waals surface area contributed by atoms with Crippen LogP contribution in [-0.4, -0.2) is 18.4 Å². The van der Waals surface area contributed by atoms with Crippen LogP contribution in [0.5, 0.6) is 0 Å². The van der Waals surface area contributed by atoms with Gasteiger partial charge in [-0.2, -0.15) is 0 Å². The van der Waals surface area contributed by atoms with Crippen LogP contribution >= 0.6 is 15.9 Å². The van der Waals surface area contributed by atoms with Gasteiger partial charge >= 0.3 is 0 Å². The smallest absolute Gasteiger partial charge is 0.225 e. The van der Waals surface area contributed by atoms with Gasteiger partial charge in [0.05, 0.1) is 6.04 Å². The highest BCUT2D eigenvalue weighted by molar-refractivity contribution is 9.10. The van der Waals surface area contributed by atoms with Crippen molar-refractivity contribution in [3.63, 3.8) is 0 Å². The lowest BCUT2D eigenvalue weighted by atomic mass is 9.96. The molecule has 0 aliphatic rings. The van der Waals surface area contributed by atoms with E-state index in [0.717, 1.165) is 10.0 Å². The molecule has 1 rings (SSSR count). The fourth-order valence-electron chi connectivity index (χ4n) is 1.93. The summed E-state index contributed by atoms with van der Waals surface area (Å²) in [6, 6.07) is 7.79. The summed E-state index contributed by atoms with van der Waals surface area (Å²) in [6.07, 6.45) is 1.04. The molecule has 1 aromatic rings. The predicted octanol–water partition coefficient (Wildman–Crippen LogP) is 3.57. The summed E-state index contributed by atoms with van der Waals surface area (Å²) in [6.45, 7) is 8.09. The van der Waals surface area contributed by atoms with Crippen LogP contribution in [0.1, 0.15) is 52.1 Å². The third kappa shape index (κ3) is 6.18. The maximum atomic E-state index is 11.9. The minimum Gasteiger partial charge on any atom is -0.356 e. The second kappa shape index (κ2) is 8.32. The molecule has 0 saturated heterocycles. The molecular weight excluding hydrogens is 344 g/mol. The van der Waals surface area contributed by atoms with Gasteiger partial charge in [-0.3, -0.25) is 9.59 Å². The van der Waals surface area contributed by atoms with E-state index in [1.807, 2.05) is 52.0 Å². The highest BCUT2D eigenvalue weighted by Gasteiger charge is 2.20. The third-order valence-corrected chi connectivity index (χ3v) is 4.02. The van der Waals surface area contributed by atoms with Crippen LogP contribution in [0.4, 0.5) is 0 Å². The fourth-order valence-corrected chi connectivity index (χ4v) is 2.56. The molecule has 0 aliphatic carbocycles. The molecule has 0 heterocycles. The lowest BCUT2D eigenvalue weighted by molar-refractivity contribution is -0.128. The van der Waals surface area contributed by atoms with Crippen LogP contribution in [0, 0.1) is 5.41 Å². The summed E-state index contributed by atoms with van der Waals surface area (Å²) in [5.74, 6) is 0.00255. The third-order valence-electron chi connectivity index (χ3n) is 3.30. The molecule has 122 valence electrons. The van der Waals surface area contributed by atoms with Crippen molar-refractivity contribution in [1.82, 2.24) is 10.6 Å². The quantitative estimate of drug-likeness (QED) is 0.754. The Labute approximate surface area is 141 Å². The normalized spacial score (nSPS) is 12.6. The molecule has 1 unspecified atom stereocenters. The lowest BCUT2D eigenvalue weighted by Crippen LogP contribution is -2.36. The SMILES string of the molecule is CC(NC(=O)CCCNC(=O)C(C)(C)C)c1ccccc1Br. The Morgan fingerprint density at radius 3 is 2.45 bits per heavy atom. The summed E-state index contributed by atoms with van der Waals surface area (Å²) in [5, 5.41) is 5.82. The molecule has 0 spiro atoms. The summed E-state index contributed by atoms with van der Waals surface area (Å²) < 4.78 is 0.986. The Balaban J connectivity index is 2.32. The maximum Gasteiger partial charge on any atom is 0.225 e. The molecule has 22 heavy (non-hydrogen) atoms. The molecule has 0 saturated carbocycles. The number of carbonyl (C=O) groups is 2. The molecule has 5 heteroatoms. The number of benzene rings is 1. The molecule has 0 fully saturated rings. The lowest BCUT2D eigenvalue weighted by Gasteiger charge is -2.18. The monoisotopic (exact) mass is 368 g/mol. The number of nitrogens with one attached hydrogen (secondary N) is 2. The van der Waals surface area contributed by atoms with Crippen molar-refractivity contribution < 1.29 is 9.59 Å². The topological polar surface area (TPSA) is 58.2 Å². The van der Waals surface area contributed by atoms with Crippen molar-refractivity contribution in [3.8, 4) is 0 Å². The predicted molar refractivity (Wildman–Crippen MR) is 92.4 cm³/mol. The van der Waals surface area contributed by atoms with Crippen LogP contribution in [-0.2, 0) is 9.59 Å². The highest BCUT2D eigenvalue weighted by Crippen LogP contribution is 2.22. The Morgan fingerprint density at radius 2 is 1.86 bits per heavy atom. The number of halogens is 1. The van der Waals surface area contributed by atoms with Crippen LogP contribution < -0.4 is 10.6 Å². The molecule has 0 aromatic heterocycles. The second-order valence-electron chi connectivity index (χ2n) is 6.42. The molecule has 0 bridgehead atoms. The van der Waals surface area contributed by atoms with Gasteiger partial charge in [0.25, 0.3) is 0 Å². The van der Waals surface area contributed by atoms with Gasteiger partial charge in [-0.05, 0) is 25.0 Å². The van der Waals surface area contributed by atoms with Gasteiger partial charge < -0.3 is 10.6 Å². The van der Waals surface area contributed by atoms with Gasteiger partial charge in [0.1, 0.15) is 0 Å². The number of hydrogen-bond donors (Lipinski definition) is 2. The zero-order valence-electron chi connectivity index (χ0n) is 13.7. The first-order valence-electron chi connectivity index (χ1n) is 7.54. The Morgan fingerprint density at radius 1 is 1.23 bits per heavy atom. The summed E-state index contributed by atoms with van der Waals surface area (Å²) in [7, 11) is 0. The zero-order valence-corrected chi connectivity index (χ0v) is 15.3. The minimum atomic E-state index is -0.393. The van der Waals surface area contributed by atoms with E-state index < -0.39 is 5.41 Å². The molecule has 2 amide bonds. The van der Waals surface area contributed by atoms with Crippen LogP contribution in [0.2, 0.25) is 0 Å². The number of carbonyl (C=O) groups excluding carboxylic acids is 2. The molecule has 1 atom stereocenters. The Kier molecular flexibility index (Phi) is 7.07. The van der Waals surface area contributed by atoms with Crippen LogP contribution in [0.25, 0.3) is 0 Å². The largest absolute Gasteiger partial charge is 0.356 e. The average molecular weight is 369 g/mol. The fraction of sp³-hybridized carbons (Fsp3) is 0.529. The Hall–Kier alpha value is -1.36. The maximum absolute atomic E-state index is 11.9. The van der Waals surface area contributed by atoms with Gasteiger partial charge in [0, 0.05) is 22.9 Å². The first kappa shape index (κ1) is 18.7. The van der Waals surface area contributed by atoms with Crippen molar-refractivity contribution in [3.05, 3.63) is 34.3 Å². The molecular formula is C17H25BrN2O2. The summed E-state index contributed by atoms with van der Waals surface area (Å²) in [5.41, 5.74) is 0.660. The zero-order chi connectivity index (χ0) is 16.8. The van der Waals surface area contributed by atoms with Gasteiger partial charge in [-0.15, -0.1) is 0 Å². The molecule has 1 aromatic carbocycles. The van der Waals surface area contributed by atoms with Gasteiger partial charge in [-0.25, -0.2) is 0 Å². The first-order chi connectivity index (χ1) is 10.2. The summed E-state index contributed by atoms with van der Waals surface area (Å²) >= 11 is 3.49. The van der Waals surface area contributed by atoms with Crippen LogP contribution in [0.15, 0.2) is 28.7 Å². The van der Waals surface area contributed by atoms with Crippen molar-refractivity contribution in [2.24, 2.45) is 5.41 Å². The van der Waals surface area contributed by atoms with Crippen molar-refractivity contribution in [1.29, 1.82) is 0 Å². The van der Waals surface area contributed by atoms with Crippen molar-refractivity contribution in [2.75, 3.05) is 6.54 Å². The van der Waals surface area contributed by atoms with E-state index in [9.17, 15) is 9.59 Å². The van der Waals surface area contributed by atoms with Gasteiger partial charge in [0.2, 0.25) is 11.8 Å². The van der Waals surface area contributed by atoms with Gasteiger partial charge in [-0.1, -0.05) is 54.9 Å². The van der Waals surface area contributed by atoms with E-state index in [-0.39, 0.29) is 17.9 Å². The van der Waals surface area contributed by atoms with E-state index in [1.165, 1.54) is 0 Å². The standard InChI is InChI=1S/C17H25BrN2O2/c1-12(13-8-5-6-9-14(13)18)20-15(21)10-7-11-19-16(22)17(2,3)4/h5-6,8-9,12H,7,10-11H2,1-4H3,(H,19,22)(H,20,21). The van der Waals surface area contributed by atoms with E-state index in [4.69, 9.17) is 0 Å².